The van der Waals surface area contributed by atoms with Gasteiger partial charge in [-0.2, -0.15) is 0 Å². The van der Waals surface area contributed by atoms with Crippen molar-refractivity contribution >= 4 is 5.91 Å². The first-order chi connectivity index (χ1) is 8.29. The number of aliphatic hydroxyl groups is 1. The predicted octanol–water partition coefficient (Wildman–Crippen LogP) is 0.511. The minimum atomic E-state index is 0.0919. The fourth-order valence-corrected chi connectivity index (χ4v) is 2.64. The van der Waals surface area contributed by atoms with Gasteiger partial charge in [-0.1, -0.05) is 6.42 Å². The summed E-state index contributed by atoms with van der Waals surface area (Å²) >= 11 is 0. The van der Waals surface area contributed by atoms with E-state index in [-0.39, 0.29) is 12.5 Å². The average molecular weight is 240 g/mol. The Morgan fingerprint density at radius 1 is 1.12 bits per heavy atom. The van der Waals surface area contributed by atoms with Gasteiger partial charge in [0, 0.05) is 13.2 Å². The molecule has 0 heterocycles. The number of nitrogens with one attached hydrogen (secondary N) is 2. The Kier molecular flexibility index (Phi) is 4.80. The molecule has 4 nitrogen and oxygen atoms in total. The van der Waals surface area contributed by atoms with Crippen LogP contribution in [0.2, 0.25) is 0 Å². The number of amides is 1. The lowest BCUT2D eigenvalue weighted by Crippen LogP contribution is -2.38. The summed E-state index contributed by atoms with van der Waals surface area (Å²) in [7, 11) is 0. The third-order valence-electron chi connectivity index (χ3n) is 4.03. The van der Waals surface area contributed by atoms with Crippen molar-refractivity contribution in [3.05, 3.63) is 0 Å². The van der Waals surface area contributed by atoms with Crippen LogP contribution in [0.1, 0.15) is 32.1 Å². The van der Waals surface area contributed by atoms with Gasteiger partial charge in [-0.05, 0) is 50.0 Å². The van der Waals surface area contributed by atoms with Gasteiger partial charge in [0.2, 0.25) is 5.91 Å². The van der Waals surface area contributed by atoms with Crippen LogP contribution in [-0.4, -0.2) is 37.3 Å². The molecule has 98 valence electrons. The molecule has 0 saturated heterocycles. The van der Waals surface area contributed by atoms with Gasteiger partial charge < -0.3 is 15.7 Å². The third-order valence-corrected chi connectivity index (χ3v) is 4.03. The number of rotatable bonds is 7. The first-order valence-corrected chi connectivity index (χ1v) is 6.88. The lowest BCUT2D eigenvalue weighted by molar-refractivity contribution is -0.120. The van der Waals surface area contributed by atoms with E-state index in [9.17, 15) is 9.90 Å². The predicted molar refractivity (Wildman–Crippen MR) is 66.5 cm³/mol. The van der Waals surface area contributed by atoms with Crippen molar-refractivity contribution in [3.8, 4) is 0 Å². The van der Waals surface area contributed by atoms with Crippen molar-refractivity contribution in [3.63, 3.8) is 0 Å². The Labute approximate surface area is 103 Å². The summed E-state index contributed by atoms with van der Waals surface area (Å²) in [5, 5.41) is 15.3. The largest absolute Gasteiger partial charge is 0.396 e. The van der Waals surface area contributed by atoms with Crippen molar-refractivity contribution in [1.82, 2.24) is 10.6 Å². The third kappa shape index (κ3) is 4.28. The van der Waals surface area contributed by atoms with E-state index in [1.54, 1.807) is 0 Å². The molecule has 1 amide bonds. The summed E-state index contributed by atoms with van der Waals surface area (Å²) in [5.41, 5.74) is 0. The molecule has 0 radical (unpaired) electrons. The van der Waals surface area contributed by atoms with E-state index in [2.05, 4.69) is 10.6 Å². The summed E-state index contributed by atoms with van der Waals surface area (Å²) in [5.74, 6) is 1.78. The van der Waals surface area contributed by atoms with E-state index in [0.717, 1.165) is 31.8 Å². The smallest absolute Gasteiger partial charge is 0.233 e. The Morgan fingerprint density at radius 2 is 1.88 bits per heavy atom. The lowest BCUT2D eigenvalue weighted by atomic mass is 9.97. The topological polar surface area (TPSA) is 61.4 Å². The number of hydrogen-bond acceptors (Lipinski definition) is 3. The van der Waals surface area contributed by atoms with Crippen LogP contribution < -0.4 is 10.6 Å². The Bertz CT molecular complexity index is 254. The van der Waals surface area contributed by atoms with Crippen molar-refractivity contribution in [2.24, 2.45) is 17.8 Å². The highest BCUT2D eigenvalue weighted by atomic mass is 16.3. The Hall–Kier alpha value is -0.610. The van der Waals surface area contributed by atoms with E-state index >= 15 is 0 Å². The highest BCUT2D eigenvalue weighted by Gasteiger charge is 2.26. The van der Waals surface area contributed by atoms with E-state index in [4.69, 9.17) is 0 Å². The molecule has 2 rings (SSSR count). The van der Waals surface area contributed by atoms with Crippen LogP contribution in [0.3, 0.4) is 0 Å². The molecule has 0 aromatic carbocycles. The van der Waals surface area contributed by atoms with Crippen molar-refractivity contribution < 1.29 is 9.90 Å². The lowest BCUT2D eigenvalue weighted by Gasteiger charge is -2.17. The van der Waals surface area contributed by atoms with Crippen molar-refractivity contribution in [2.75, 3.05) is 26.2 Å². The molecule has 17 heavy (non-hydrogen) atoms. The summed E-state index contributed by atoms with van der Waals surface area (Å²) in [6, 6.07) is 0. The van der Waals surface area contributed by atoms with Gasteiger partial charge in [-0.3, -0.25) is 4.79 Å². The van der Waals surface area contributed by atoms with E-state index in [1.807, 2.05) is 0 Å². The van der Waals surface area contributed by atoms with Crippen molar-refractivity contribution in [1.29, 1.82) is 0 Å². The van der Waals surface area contributed by atoms with Crippen LogP contribution in [0.4, 0.5) is 0 Å². The van der Waals surface area contributed by atoms with E-state index in [0.29, 0.717) is 18.4 Å². The molecular formula is C13H24N2O2. The normalized spacial score (nSPS) is 28.3. The first-order valence-electron chi connectivity index (χ1n) is 6.88. The van der Waals surface area contributed by atoms with Crippen LogP contribution in [0, 0.1) is 17.8 Å². The van der Waals surface area contributed by atoms with Gasteiger partial charge in [0.1, 0.15) is 0 Å². The minimum Gasteiger partial charge on any atom is -0.396 e. The maximum Gasteiger partial charge on any atom is 0.233 e. The van der Waals surface area contributed by atoms with Gasteiger partial charge in [-0.15, -0.1) is 0 Å². The van der Waals surface area contributed by atoms with Gasteiger partial charge in [0.05, 0.1) is 6.54 Å². The standard InChI is InChI=1S/C13H24N2O2/c16-9-12-3-1-2-11(12)7-15-13(17)8-14-6-10-4-5-10/h10-12,14,16H,1-9H2,(H,15,17). The highest BCUT2D eigenvalue weighted by Crippen LogP contribution is 2.30. The van der Waals surface area contributed by atoms with Gasteiger partial charge in [0.15, 0.2) is 0 Å². The zero-order chi connectivity index (χ0) is 12.1. The average Bonchev–Trinajstić information content (AvgIpc) is 3.03. The van der Waals surface area contributed by atoms with Gasteiger partial charge in [-0.25, -0.2) is 0 Å². The fourth-order valence-electron chi connectivity index (χ4n) is 2.64. The molecule has 0 aromatic rings. The van der Waals surface area contributed by atoms with Crippen molar-refractivity contribution in [2.45, 2.75) is 32.1 Å². The van der Waals surface area contributed by atoms with Crippen LogP contribution in [-0.2, 0) is 4.79 Å². The number of aliphatic hydroxyl groups excluding tert-OH is 1. The molecule has 2 saturated carbocycles. The van der Waals surface area contributed by atoms with Gasteiger partial charge >= 0.3 is 0 Å². The molecule has 0 bridgehead atoms. The molecule has 2 aliphatic rings. The summed E-state index contributed by atoms with van der Waals surface area (Å²) in [4.78, 5) is 11.6. The van der Waals surface area contributed by atoms with Crippen LogP contribution in [0.25, 0.3) is 0 Å². The molecule has 0 spiro atoms. The molecule has 0 aromatic heterocycles. The molecule has 2 unspecified atom stereocenters. The Balaban J connectivity index is 1.55. The number of carbonyl (C=O) groups is 1. The number of carbonyl (C=O) groups excluding carboxylic acids is 1. The second-order valence-electron chi connectivity index (χ2n) is 5.51. The fraction of sp³-hybridized carbons (Fsp3) is 0.923. The molecule has 4 heteroatoms. The Morgan fingerprint density at radius 3 is 2.59 bits per heavy atom. The zero-order valence-corrected chi connectivity index (χ0v) is 10.5. The SMILES string of the molecule is O=C(CNCC1CC1)NCC1CCCC1CO. The summed E-state index contributed by atoms with van der Waals surface area (Å²) in [6.45, 7) is 2.42. The quantitative estimate of drug-likeness (QED) is 0.607. The second kappa shape index (κ2) is 6.36. The van der Waals surface area contributed by atoms with E-state index in [1.165, 1.54) is 19.3 Å². The van der Waals surface area contributed by atoms with Crippen LogP contribution >= 0.6 is 0 Å². The maximum absolute atomic E-state index is 11.6. The zero-order valence-electron chi connectivity index (χ0n) is 10.5. The highest BCUT2D eigenvalue weighted by molar-refractivity contribution is 5.77. The second-order valence-corrected chi connectivity index (χ2v) is 5.51. The van der Waals surface area contributed by atoms with Crippen LogP contribution in [0.15, 0.2) is 0 Å². The summed E-state index contributed by atoms with van der Waals surface area (Å²) in [6.07, 6.45) is 6.06. The van der Waals surface area contributed by atoms with Gasteiger partial charge in [0.25, 0.3) is 0 Å². The molecule has 2 fully saturated rings. The minimum absolute atomic E-state index is 0.0919. The monoisotopic (exact) mass is 240 g/mol. The molecular weight excluding hydrogens is 216 g/mol. The number of hydrogen-bond donors (Lipinski definition) is 3. The molecule has 0 aliphatic heterocycles. The van der Waals surface area contributed by atoms with E-state index < -0.39 is 0 Å². The maximum atomic E-state index is 11.6. The molecule has 2 atom stereocenters. The first kappa shape index (κ1) is 12.8. The summed E-state index contributed by atoms with van der Waals surface area (Å²) < 4.78 is 0. The van der Waals surface area contributed by atoms with Crippen LogP contribution in [0.5, 0.6) is 0 Å². The molecule has 2 aliphatic carbocycles. The molecule has 3 N–H and O–H groups in total.